The van der Waals surface area contributed by atoms with Crippen LogP contribution >= 0.6 is 45.2 Å². The van der Waals surface area contributed by atoms with Gasteiger partial charge < -0.3 is 10.1 Å². The fourth-order valence-electron chi connectivity index (χ4n) is 4.44. The van der Waals surface area contributed by atoms with E-state index in [1.54, 1.807) is 0 Å². The molecule has 160 valence electrons. The first kappa shape index (κ1) is 25.8. The Kier molecular flexibility index (Phi) is 13.2. The van der Waals surface area contributed by atoms with E-state index in [2.05, 4.69) is 78.2 Å². The van der Waals surface area contributed by atoms with Crippen LogP contribution in [0.1, 0.15) is 91.9 Å². The van der Waals surface area contributed by atoms with E-state index in [1.165, 1.54) is 57.8 Å². The molecule has 5 unspecified atom stereocenters. The topological polar surface area (TPSA) is 38.3 Å². The van der Waals surface area contributed by atoms with Crippen LogP contribution in [0.15, 0.2) is 0 Å². The summed E-state index contributed by atoms with van der Waals surface area (Å²) in [6, 6.07) is 0. The summed E-state index contributed by atoms with van der Waals surface area (Å²) in [6.07, 6.45) is 12.6. The third-order valence-electron chi connectivity index (χ3n) is 6.32. The number of carbonyl (C=O) groups is 1. The Morgan fingerprint density at radius 2 is 1.89 bits per heavy atom. The lowest BCUT2D eigenvalue weighted by molar-refractivity contribution is 0.0673. The number of hydrogen-bond donors (Lipinski definition) is 1. The van der Waals surface area contributed by atoms with E-state index in [0.717, 1.165) is 27.1 Å². The highest BCUT2D eigenvalue weighted by Crippen LogP contribution is 2.43. The molecule has 5 heteroatoms. The highest BCUT2D eigenvalue weighted by Gasteiger charge is 2.42. The number of nitrogens with one attached hydrogen (secondary N) is 1. The van der Waals surface area contributed by atoms with Crippen LogP contribution in [-0.4, -0.2) is 26.6 Å². The second kappa shape index (κ2) is 13.9. The van der Waals surface area contributed by atoms with Crippen LogP contribution < -0.4 is 5.32 Å². The standard InChI is InChI=1S/C22H41I2NO2/c1-5-7-8-9-10-11-18-13-12-17(3)14-20(18)22(4,16-24)25-21(26)27-19(6-2)15-23/h17-20H,5-16H2,1-4H3,(H,25,26). The largest absolute Gasteiger partial charge is 0.445 e. The number of unbranched alkanes of at least 4 members (excludes halogenated alkanes) is 4. The molecule has 27 heavy (non-hydrogen) atoms. The Labute approximate surface area is 195 Å². The van der Waals surface area contributed by atoms with Crippen LogP contribution in [0.5, 0.6) is 0 Å². The molecule has 1 aliphatic rings. The van der Waals surface area contributed by atoms with Crippen molar-refractivity contribution >= 4 is 51.3 Å². The maximum absolute atomic E-state index is 12.6. The fourth-order valence-corrected chi connectivity index (χ4v) is 6.00. The van der Waals surface area contributed by atoms with Gasteiger partial charge in [0.25, 0.3) is 0 Å². The molecule has 0 radical (unpaired) electrons. The molecule has 1 N–H and O–H groups in total. The van der Waals surface area contributed by atoms with Crippen LogP contribution in [-0.2, 0) is 4.74 Å². The first-order chi connectivity index (χ1) is 12.9. The fraction of sp³-hybridized carbons (Fsp3) is 0.955. The van der Waals surface area contributed by atoms with Gasteiger partial charge in [0.1, 0.15) is 6.10 Å². The number of alkyl carbamates (subject to hydrolysis) is 1. The van der Waals surface area contributed by atoms with E-state index in [-0.39, 0.29) is 17.7 Å². The van der Waals surface area contributed by atoms with Gasteiger partial charge in [-0.2, -0.15) is 0 Å². The highest BCUT2D eigenvalue weighted by molar-refractivity contribution is 14.1. The Balaban J connectivity index is 2.73. The maximum Gasteiger partial charge on any atom is 0.407 e. The number of carbonyl (C=O) groups excluding carboxylic acids is 1. The molecule has 0 spiro atoms. The predicted octanol–water partition coefficient (Wildman–Crippen LogP) is 7.53. The van der Waals surface area contributed by atoms with Gasteiger partial charge in [0, 0.05) is 8.86 Å². The summed E-state index contributed by atoms with van der Waals surface area (Å²) in [7, 11) is 0. The number of amides is 1. The summed E-state index contributed by atoms with van der Waals surface area (Å²) in [5.41, 5.74) is -0.177. The third kappa shape index (κ3) is 8.95. The van der Waals surface area contributed by atoms with Gasteiger partial charge in [0.2, 0.25) is 0 Å². The van der Waals surface area contributed by atoms with Crippen molar-refractivity contribution in [1.29, 1.82) is 0 Å². The van der Waals surface area contributed by atoms with Gasteiger partial charge in [-0.25, -0.2) is 4.79 Å². The second-order valence-corrected chi connectivity index (χ2v) is 10.4. The lowest BCUT2D eigenvalue weighted by Crippen LogP contribution is -2.56. The van der Waals surface area contributed by atoms with E-state index in [9.17, 15) is 4.79 Å². The van der Waals surface area contributed by atoms with Crippen LogP contribution in [0, 0.1) is 17.8 Å². The van der Waals surface area contributed by atoms with Crippen molar-refractivity contribution < 1.29 is 9.53 Å². The van der Waals surface area contributed by atoms with Crippen molar-refractivity contribution in [2.75, 3.05) is 8.86 Å². The number of halogens is 2. The van der Waals surface area contributed by atoms with Gasteiger partial charge in [0.05, 0.1) is 5.54 Å². The predicted molar refractivity (Wildman–Crippen MR) is 133 cm³/mol. The van der Waals surface area contributed by atoms with Crippen molar-refractivity contribution in [3.63, 3.8) is 0 Å². The van der Waals surface area contributed by atoms with Gasteiger partial charge in [-0.15, -0.1) is 0 Å². The maximum atomic E-state index is 12.6. The molecule has 0 heterocycles. The minimum Gasteiger partial charge on any atom is -0.445 e. The van der Waals surface area contributed by atoms with E-state index in [4.69, 9.17) is 4.74 Å². The van der Waals surface area contributed by atoms with Crippen LogP contribution in [0.2, 0.25) is 0 Å². The molecule has 0 saturated heterocycles. The monoisotopic (exact) mass is 605 g/mol. The molecule has 0 bridgehead atoms. The zero-order valence-electron chi connectivity index (χ0n) is 17.9. The Hall–Kier alpha value is 0.730. The molecule has 0 aliphatic heterocycles. The lowest BCUT2D eigenvalue weighted by atomic mass is 9.65. The van der Waals surface area contributed by atoms with Crippen molar-refractivity contribution in [3.8, 4) is 0 Å². The number of rotatable bonds is 12. The molecule has 1 rings (SSSR count). The Morgan fingerprint density at radius 1 is 1.19 bits per heavy atom. The van der Waals surface area contributed by atoms with Crippen molar-refractivity contribution in [2.45, 2.75) is 104 Å². The first-order valence-electron chi connectivity index (χ1n) is 11.0. The average molecular weight is 605 g/mol. The Bertz CT molecular complexity index is 417. The summed E-state index contributed by atoms with van der Waals surface area (Å²) in [5.74, 6) is 2.04. The summed E-state index contributed by atoms with van der Waals surface area (Å²) in [5, 5.41) is 3.30. The highest BCUT2D eigenvalue weighted by atomic mass is 127. The zero-order chi connectivity index (χ0) is 20.3. The second-order valence-electron chi connectivity index (χ2n) is 8.75. The molecule has 0 aromatic carbocycles. The van der Waals surface area contributed by atoms with Gasteiger partial charge in [-0.3, -0.25) is 0 Å². The van der Waals surface area contributed by atoms with Gasteiger partial charge in [0.15, 0.2) is 0 Å². The van der Waals surface area contributed by atoms with Crippen molar-refractivity contribution in [2.24, 2.45) is 17.8 Å². The Morgan fingerprint density at radius 3 is 2.48 bits per heavy atom. The third-order valence-corrected chi connectivity index (χ3v) is 8.89. The van der Waals surface area contributed by atoms with Crippen LogP contribution in [0.25, 0.3) is 0 Å². The summed E-state index contributed by atoms with van der Waals surface area (Å²) in [4.78, 5) is 12.6. The van der Waals surface area contributed by atoms with Crippen LogP contribution in [0.4, 0.5) is 4.79 Å². The molecule has 1 saturated carbocycles. The number of alkyl halides is 2. The van der Waals surface area contributed by atoms with Crippen molar-refractivity contribution in [1.82, 2.24) is 5.32 Å². The SMILES string of the molecule is CCCCCCCC1CCC(C)CC1C(C)(CI)NC(=O)OC(CC)CI. The minimum absolute atomic E-state index is 0.0173. The van der Waals surface area contributed by atoms with Crippen molar-refractivity contribution in [3.05, 3.63) is 0 Å². The van der Waals surface area contributed by atoms with Crippen LogP contribution in [0.3, 0.4) is 0 Å². The quantitative estimate of drug-likeness (QED) is 0.142. The molecule has 5 atom stereocenters. The van der Waals surface area contributed by atoms with E-state index >= 15 is 0 Å². The smallest absolute Gasteiger partial charge is 0.407 e. The average Bonchev–Trinajstić information content (AvgIpc) is 2.66. The number of ether oxygens (including phenoxy) is 1. The van der Waals surface area contributed by atoms with E-state index in [1.807, 2.05) is 0 Å². The molecular formula is C22H41I2NO2. The summed E-state index contributed by atoms with van der Waals surface area (Å²) < 4.78 is 7.45. The van der Waals surface area contributed by atoms with Gasteiger partial charge in [-0.1, -0.05) is 111 Å². The molecule has 3 nitrogen and oxygen atoms in total. The normalized spacial score (nSPS) is 26.2. The minimum atomic E-state index is -0.224. The first-order valence-corrected chi connectivity index (χ1v) is 14.1. The number of hydrogen-bond acceptors (Lipinski definition) is 2. The molecule has 0 aromatic rings. The molecule has 1 fully saturated rings. The zero-order valence-corrected chi connectivity index (χ0v) is 22.2. The lowest BCUT2D eigenvalue weighted by Gasteiger charge is -2.46. The summed E-state index contributed by atoms with van der Waals surface area (Å²) >= 11 is 4.75. The molecule has 1 aliphatic carbocycles. The van der Waals surface area contributed by atoms with Gasteiger partial charge in [-0.05, 0) is 43.9 Å². The molecule has 1 amide bonds. The summed E-state index contributed by atoms with van der Waals surface area (Å²) in [6.45, 7) is 8.97. The molecular weight excluding hydrogens is 564 g/mol. The van der Waals surface area contributed by atoms with Gasteiger partial charge >= 0.3 is 6.09 Å². The van der Waals surface area contributed by atoms with E-state index in [0.29, 0.717) is 5.92 Å². The molecule has 0 aromatic heterocycles. The van der Waals surface area contributed by atoms with E-state index < -0.39 is 0 Å².